The number of methoxy groups -OCH3 is 1. The molecule has 12 N–H and O–H groups in total. The number of ether oxygens (including phenoxy) is 4. The van der Waals surface area contributed by atoms with Crippen LogP contribution in [-0.4, -0.2) is 170 Å². The summed E-state index contributed by atoms with van der Waals surface area (Å²) < 4.78 is 22.3. The van der Waals surface area contributed by atoms with Crippen molar-refractivity contribution in [2.75, 3.05) is 26.9 Å². The molecule has 23 nitrogen and oxygen atoms in total. The number of aromatic amines is 2. The maximum absolute atomic E-state index is 12.4. The van der Waals surface area contributed by atoms with Crippen molar-refractivity contribution >= 4 is 5.97 Å². The lowest BCUT2D eigenvalue weighted by molar-refractivity contribution is -0.255. The first-order chi connectivity index (χ1) is 24.0. The normalized spacial score (nSPS) is 36.4. The van der Waals surface area contributed by atoms with Crippen LogP contribution in [0.1, 0.15) is 18.2 Å². The van der Waals surface area contributed by atoms with E-state index in [2.05, 4.69) is 4.74 Å². The van der Waals surface area contributed by atoms with Crippen LogP contribution in [0.25, 0.3) is 0 Å². The number of aliphatic hydroxyl groups is 10. The third-order valence-electron chi connectivity index (χ3n) is 8.81. The molecule has 0 radical (unpaired) electrons. The van der Waals surface area contributed by atoms with E-state index in [9.17, 15) is 69.9 Å². The van der Waals surface area contributed by atoms with Crippen LogP contribution >= 0.6 is 0 Å². The Balaban J connectivity index is 0.000000238. The number of nitrogens with zero attached hydrogens (tertiary/aromatic N) is 2. The Hall–Kier alpha value is -3.69. The Labute approximate surface area is 284 Å². The van der Waals surface area contributed by atoms with Crippen molar-refractivity contribution in [3.05, 3.63) is 65.7 Å². The maximum Gasteiger partial charge on any atom is 0.330 e. The summed E-state index contributed by atoms with van der Waals surface area (Å²) in [5, 5.41) is 98.6. The average Bonchev–Trinajstić information content (AvgIpc) is 3.52. The molecular weight excluding hydrogens is 696 g/mol. The van der Waals surface area contributed by atoms with Crippen molar-refractivity contribution < 1.29 is 74.8 Å². The fourth-order valence-electron chi connectivity index (χ4n) is 6.01. The van der Waals surface area contributed by atoms with Gasteiger partial charge in [-0.25, -0.2) is 9.59 Å². The molecule has 0 bridgehead atoms. The minimum absolute atomic E-state index is 0.0656. The Morgan fingerprint density at radius 3 is 1.92 bits per heavy atom. The topological polar surface area (TPSA) is 366 Å². The Bertz CT molecular complexity index is 1740. The second-order valence-corrected chi connectivity index (χ2v) is 12.0. The fourth-order valence-corrected chi connectivity index (χ4v) is 6.01. The van der Waals surface area contributed by atoms with Gasteiger partial charge in [-0.1, -0.05) is 0 Å². The summed E-state index contributed by atoms with van der Waals surface area (Å²) in [5.41, 5.74) is -5.56. The van der Waals surface area contributed by atoms with Crippen LogP contribution in [0.15, 0.2) is 37.6 Å². The zero-order valence-corrected chi connectivity index (χ0v) is 26.7. The van der Waals surface area contributed by atoms with E-state index < -0.39 is 134 Å². The molecule has 5 rings (SSSR count). The molecule has 0 saturated carbocycles. The number of carbonyl (C=O) groups excluding carboxylic acids is 1. The summed E-state index contributed by atoms with van der Waals surface area (Å²) >= 11 is 0. The molecule has 2 aromatic heterocycles. The van der Waals surface area contributed by atoms with Gasteiger partial charge < -0.3 is 70.0 Å². The Kier molecular flexibility index (Phi) is 12.8. The second-order valence-electron chi connectivity index (χ2n) is 12.0. The molecule has 0 amide bonds. The van der Waals surface area contributed by atoms with Crippen LogP contribution < -0.4 is 22.5 Å². The molecule has 23 heteroatoms. The van der Waals surface area contributed by atoms with Gasteiger partial charge in [0.25, 0.3) is 11.1 Å². The summed E-state index contributed by atoms with van der Waals surface area (Å²) in [7, 11) is 1.15. The van der Waals surface area contributed by atoms with Crippen molar-refractivity contribution in [2.24, 2.45) is 0 Å². The lowest BCUT2D eigenvalue weighted by Gasteiger charge is -2.44. The van der Waals surface area contributed by atoms with Crippen LogP contribution in [0.2, 0.25) is 0 Å². The summed E-state index contributed by atoms with van der Waals surface area (Å²) in [6.45, 7) is -1.97. The predicted molar refractivity (Wildman–Crippen MR) is 162 cm³/mol. The van der Waals surface area contributed by atoms with Gasteiger partial charge in [0.05, 0.1) is 39.5 Å². The number of aliphatic hydroxyl groups excluding tert-OH is 10. The van der Waals surface area contributed by atoms with Crippen molar-refractivity contribution in [3.8, 4) is 0 Å². The van der Waals surface area contributed by atoms with Gasteiger partial charge in [-0.15, -0.1) is 0 Å². The van der Waals surface area contributed by atoms with E-state index in [1.807, 2.05) is 9.97 Å². The van der Waals surface area contributed by atoms with Gasteiger partial charge in [0.15, 0.2) is 12.0 Å². The molecule has 2 aromatic rings. The molecule has 51 heavy (non-hydrogen) atoms. The first-order valence-corrected chi connectivity index (χ1v) is 15.4. The Morgan fingerprint density at radius 1 is 0.784 bits per heavy atom. The van der Waals surface area contributed by atoms with Gasteiger partial charge in [-0.3, -0.25) is 33.5 Å². The number of carbonyl (C=O) groups is 1. The van der Waals surface area contributed by atoms with Crippen LogP contribution in [0, 0.1) is 0 Å². The van der Waals surface area contributed by atoms with E-state index >= 15 is 0 Å². The molecule has 0 aliphatic carbocycles. The molecular formula is C28H40N4O19. The standard InChI is InChI=1S/C16H24N2O11.C12H16N2O8/c19-4-7-11(23)13(25)10(22)6(28-7)3-16(14(26)12(24)8(5-20)29-16)18-2-1-9(21)17-15(18)27;1-21-7(16)2-5-3-14(12(20)13-10(5)19)11-9(18)8(17)6(4-15)22-11/h1-2,6-8,10-14,19-20,22-26H,3-5H2,(H,17,21,27);3,6,8-9,11,15,17-18H,2,4H2,1H3,(H,13,19,20)/t6?,7-,8-,10-,11-,12-,13-,14-,16-;6-,8-,9-,11-/m11/s1. The van der Waals surface area contributed by atoms with E-state index in [0.29, 0.717) is 0 Å². The summed E-state index contributed by atoms with van der Waals surface area (Å²) in [6.07, 6.45) is -16.5. The van der Waals surface area contributed by atoms with E-state index in [1.54, 1.807) is 0 Å². The fraction of sp³-hybridized carbons (Fsp3) is 0.679. The number of rotatable bonds is 9. The molecule has 3 aliphatic rings. The van der Waals surface area contributed by atoms with E-state index in [4.69, 9.17) is 19.3 Å². The monoisotopic (exact) mass is 736 g/mol. The second kappa shape index (κ2) is 16.3. The van der Waals surface area contributed by atoms with E-state index in [-0.39, 0.29) is 12.0 Å². The van der Waals surface area contributed by atoms with Gasteiger partial charge in [-0.05, 0) is 0 Å². The van der Waals surface area contributed by atoms with Gasteiger partial charge in [0.2, 0.25) is 0 Å². The van der Waals surface area contributed by atoms with Gasteiger partial charge in [0.1, 0.15) is 61.0 Å². The lowest BCUT2D eigenvalue weighted by Crippen LogP contribution is -2.62. The average molecular weight is 737 g/mol. The summed E-state index contributed by atoms with van der Waals surface area (Å²) in [5.74, 6) is -0.683. The van der Waals surface area contributed by atoms with Crippen LogP contribution in [0.5, 0.6) is 0 Å². The van der Waals surface area contributed by atoms with Gasteiger partial charge >= 0.3 is 17.3 Å². The largest absolute Gasteiger partial charge is 0.469 e. The molecule has 5 heterocycles. The molecule has 286 valence electrons. The maximum atomic E-state index is 12.4. The van der Waals surface area contributed by atoms with Crippen molar-refractivity contribution in [2.45, 2.75) is 91.9 Å². The number of nitrogens with one attached hydrogen (secondary N) is 2. The minimum Gasteiger partial charge on any atom is -0.469 e. The van der Waals surface area contributed by atoms with Crippen LogP contribution in [-0.2, 0) is 35.9 Å². The van der Waals surface area contributed by atoms with Crippen molar-refractivity contribution in [1.82, 2.24) is 19.1 Å². The summed E-state index contributed by atoms with van der Waals surface area (Å²) in [6, 6.07) is 0.963. The highest BCUT2D eigenvalue weighted by Gasteiger charge is 2.59. The highest BCUT2D eigenvalue weighted by molar-refractivity contribution is 5.72. The van der Waals surface area contributed by atoms with Crippen LogP contribution in [0.3, 0.4) is 0 Å². The first kappa shape index (κ1) is 40.1. The molecule has 1 unspecified atom stereocenters. The third kappa shape index (κ3) is 7.90. The molecule has 13 atom stereocenters. The van der Waals surface area contributed by atoms with Crippen molar-refractivity contribution in [3.63, 3.8) is 0 Å². The summed E-state index contributed by atoms with van der Waals surface area (Å²) in [4.78, 5) is 62.5. The number of hydrogen-bond acceptors (Lipinski definition) is 19. The van der Waals surface area contributed by atoms with Gasteiger partial charge in [-0.2, -0.15) is 0 Å². The quantitative estimate of drug-likeness (QED) is 0.106. The van der Waals surface area contributed by atoms with Gasteiger partial charge in [0, 0.05) is 30.4 Å². The number of hydrogen-bond donors (Lipinski definition) is 12. The predicted octanol–water partition coefficient (Wildman–Crippen LogP) is -8.60. The van der Waals surface area contributed by atoms with E-state index in [1.165, 1.54) is 0 Å². The number of H-pyrrole nitrogens is 2. The Morgan fingerprint density at radius 2 is 1.37 bits per heavy atom. The smallest absolute Gasteiger partial charge is 0.330 e. The zero-order chi connectivity index (χ0) is 37.9. The highest BCUT2D eigenvalue weighted by atomic mass is 16.6. The first-order valence-electron chi connectivity index (χ1n) is 15.4. The number of aromatic nitrogens is 4. The van der Waals surface area contributed by atoms with Crippen LogP contribution in [0.4, 0.5) is 0 Å². The molecule has 0 spiro atoms. The number of esters is 1. The van der Waals surface area contributed by atoms with Crippen molar-refractivity contribution in [1.29, 1.82) is 0 Å². The molecule has 3 aliphatic heterocycles. The SMILES string of the molecule is COC(=O)Cc1cn([C@@H]2O[C@H](CO)[C@@H](O)[C@H]2O)c(=O)[nH]c1=O.O=c1ccn([C@]2(CC3O[C@H](CO)[C@@H](O)[C@H](O)[C@@H]3O)O[C@H](CO)[C@@H](O)[C@H]2O)c(=O)[nH]1. The minimum atomic E-state index is -2.11. The lowest BCUT2D eigenvalue weighted by atomic mass is 9.88. The zero-order valence-electron chi connectivity index (χ0n) is 26.7. The molecule has 3 fully saturated rings. The third-order valence-corrected chi connectivity index (χ3v) is 8.81. The van der Waals surface area contributed by atoms with E-state index in [0.717, 1.165) is 34.7 Å². The highest BCUT2D eigenvalue weighted by Crippen LogP contribution is 2.41. The molecule has 0 aromatic carbocycles. The molecule has 3 saturated heterocycles.